The quantitative estimate of drug-likeness (QED) is 0.528. The standard InChI is InChI=1S/C14H20N2O2/c1-13(2)9-11(17)16(12(13)18)14(10-15)7-5-3-4-6-8-14/h3-9H2,1-2H3. The number of imide groups is 1. The molecule has 1 saturated carbocycles. The van der Waals surface area contributed by atoms with E-state index in [4.69, 9.17) is 0 Å². The molecule has 1 heterocycles. The number of hydrogen-bond acceptors (Lipinski definition) is 3. The minimum atomic E-state index is -0.877. The van der Waals surface area contributed by atoms with Crippen molar-refractivity contribution in [2.24, 2.45) is 5.41 Å². The lowest BCUT2D eigenvalue weighted by Gasteiger charge is -2.34. The largest absolute Gasteiger partial charge is 0.274 e. The number of rotatable bonds is 1. The van der Waals surface area contributed by atoms with Gasteiger partial charge in [-0.05, 0) is 12.8 Å². The Balaban J connectivity index is 2.36. The predicted molar refractivity (Wildman–Crippen MR) is 66.3 cm³/mol. The van der Waals surface area contributed by atoms with Crippen molar-refractivity contribution in [1.29, 1.82) is 5.26 Å². The summed E-state index contributed by atoms with van der Waals surface area (Å²) in [6.07, 6.45) is 5.52. The van der Waals surface area contributed by atoms with Crippen LogP contribution >= 0.6 is 0 Å². The summed E-state index contributed by atoms with van der Waals surface area (Å²) in [5.41, 5.74) is -1.52. The zero-order chi connectivity index (χ0) is 13.4. The van der Waals surface area contributed by atoms with E-state index in [1.165, 1.54) is 4.90 Å². The highest BCUT2D eigenvalue weighted by atomic mass is 16.2. The van der Waals surface area contributed by atoms with Gasteiger partial charge >= 0.3 is 0 Å². The van der Waals surface area contributed by atoms with Crippen molar-refractivity contribution in [3.8, 4) is 6.07 Å². The molecule has 4 nitrogen and oxygen atoms in total. The molecule has 0 aromatic heterocycles. The minimum Gasteiger partial charge on any atom is -0.274 e. The number of amides is 2. The summed E-state index contributed by atoms with van der Waals surface area (Å²) in [6, 6.07) is 2.28. The monoisotopic (exact) mass is 248 g/mol. The topological polar surface area (TPSA) is 61.2 Å². The number of hydrogen-bond donors (Lipinski definition) is 0. The fourth-order valence-corrected chi connectivity index (χ4v) is 3.08. The lowest BCUT2D eigenvalue weighted by molar-refractivity contribution is -0.146. The summed E-state index contributed by atoms with van der Waals surface area (Å²) >= 11 is 0. The van der Waals surface area contributed by atoms with Gasteiger partial charge in [0.25, 0.3) is 0 Å². The molecule has 2 aliphatic rings. The zero-order valence-electron chi connectivity index (χ0n) is 11.2. The van der Waals surface area contributed by atoms with Gasteiger partial charge in [0.1, 0.15) is 5.54 Å². The van der Waals surface area contributed by atoms with Gasteiger partial charge in [-0.3, -0.25) is 14.5 Å². The molecule has 0 aromatic carbocycles. The zero-order valence-corrected chi connectivity index (χ0v) is 11.2. The molecule has 0 spiro atoms. The number of carbonyl (C=O) groups excluding carboxylic acids is 2. The summed E-state index contributed by atoms with van der Waals surface area (Å²) < 4.78 is 0. The highest BCUT2D eigenvalue weighted by molar-refractivity contribution is 6.06. The van der Waals surface area contributed by atoms with E-state index in [1.54, 1.807) is 13.8 Å². The van der Waals surface area contributed by atoms with Gasteiger partial charge in [-0.25, -0.2) is 0 Å². The van der Waals surface area contributed by atoms with E-state index in [2.05, 4.69) is 6.07 Å². The SMILES string of the molecule is CC1(C)CC(=O)N(C2(C#N)CCCCCC2)C1=O. The molecule has 4 heteroatoms. The Kier molecular flexibility index (Phi) is 3.18. The lowest BCUT2D eigenvalue weighted by atomic mass is 9.88. The highest BCUT2D eigenvalue weighted by Crippen LogP contribution is 2.41. The van der Waals surface area contributed by atoms with Gasteiger partial charge in [-0.15, -0.1) is 0 Å². The highest BCUT2D eigenvalue weighted by Gasteiger charge is 2.53. The maximum atomic E-state index is 12.4. The van der Waals surface area contributed by atoms with E-state index in [1.807, 2.05) is 0 Å². The first kappa shape index (κ1) is 13.1. The third-order valence-electron chi connectivity index (χ3n) is 4.19. The van der Waals surface area contributed by atoms with E-state index < -0.39 is 11.0 Å². The lowest BCUT2D eigenvalue weighted by Crippen LogP contribution is -2.51. The molecule has 1 saturated heterocycles. The van der Waals surface area contributed by atoms with Crippen LogP contribution in [0.2, 0.25) is 0 Å². The molecular formula is C14H20N2O2. The van der Waals surface area contributed by atoms with Crippen LogP contribution in [0.5, 0.6) is 0 Å². The molecule has 98 valence electrons. The second-order valence-electron chi connectivity index (χ2n) is 6.15. The van der Waals surface area contributed by atoms with E-state index in [9.17, 15) is 14.9 Å². The number of likely N-dealkylation sites (tertiary alicyclic amines) is 1. The van der Waals surface area contributed by atoms with E-state index in [-0.39, 0.29) is 18.2 Å². The van der Waals surface area contributed by atoms with Crippen LogP contribution < -0.4 is 0 Å². The summed E-state index contributed by atoms with van der Waals surface area (Å²) in [4.78, 5) is 25.8. The molecule has 0 bridgehead atoms. The molecule has 2 amide bonds. The summed E-state index contributed by atoms with van der Waals surface area (Å²) in [6.45, 7) is 3.57. The van der Waals surface area contributed by atoms with Crippen molar-refractivity contribution in [2.75, 3.05) is 0 Å². The number of nitrogens with zero attached hydrogens (tertiary/aromatic N) is 2. The normalized spacial score (nSPS) is 26.8. The smallest absolute Gasteiger partial charge is 0.236 e. The molecule has 2 fully saturated rings. The fourth-order valence-electron chi connectivity index (χ4n) is 3.08. The van der Waals surface area contributed by atoms with Crippen LogP contribution in [0.1, 0.15) is 58.8 Å². The van der Waals surface area contributed by atoms with Crippen LogP contribution in [0.3, 0.4) is 0 Å². The molecular weight excluding hydrogens is 228 g/mol. The molecule has 0 atom stereocenters. The molecule has 1 aliphatic heterocycles. The second kappa shape index (κ2) is 4.38. The minimum absolute atomic E-state index is 0.170. The van der Waals surface area contributed by atoms with Crippen LogP contribution in [0, 0.1) is 16.7 Å². The Labute approximate surface area is 108 Å². The predicted octanol–water partition coefficient (Wildman–Crippen LogP) is 2.39. The van der Waals surface area contributed by atoms with Crippen molar-refractivity contribution >= 4 is 11.8 Å². The molecule has 1 aliphatic carbocycles. The van der Waals surface area contributed by atoms with Gasteiger partial charge in [0, 0.05) is 6.42 Å². The first-order chi connectivity index (χ1) is 8.43. The first-order valence-corrected chi connectivity index (χ1v) is 6.72. The van der Waals surface area contributed by atoms with E-state index in [0.717, 1.165) is 25.7 Å². The summed E-state index contributed by atoms with van der Waals surface area (Å²) in [5.74, 6) is -0.343. The first-order valence-electron chi connectivity index (χ1n) is 6.72. The van der Waals surface area contributed by atoms with Crippen LogP contribution in [0.25, 0.3) is 0 Å². The molecule has 0 aromatic rings. The molecule has 0 radical (unpaired) electrons. The van der Waals surface area contributed by atoms with Crippen LogP contribution in [0.15, 0.2) is 0 Å². The summed E-state index contributed by atoms with van der Waals surface area (Å²) in [5, 5.41) is 9.54. The number of nitriles is 1. The van der Waals surface area contributed by atoms with Gasteiger partial charge in [-0.2, -0.15) is 5.26 Å². The molecule has 0 N–H and O–H groups in total. The maximum absolute atomic E-state index is 12.4. The molecule has 0 unspecified atom stereocenters. The van der Waals surface area contributed by atoms with E-state index in [0.29, 0.717) is 12.8 Å². The Morgan fingerprint density at radius 2 is 1.67 bits per heavy atom. The Morgan fingerprint density at radius 3 is 2.06 bits per heavy atom. The molecule has 18 heavy (non-hydrogen) atoms. The average Bonchev–Trinajstić information content (AvgIpc) is 2.51. The Morgan fingerprint density at radius 1 is 1.11 bits per heavy atom. The molecule has 2 rings (SSSR count). The maximum Gasteiger partial charge on any atom is 0.236 e. The van der Waals surface area contributed by atoms with Gasteiger partial charge in [0.15, 0.2) is 0 Å². The third-order valence-corrected chi connectivity index (χ3v) is 4.19. The van der Waals surface area contributed by atoms with E-state index >= 15 is 0 Å². The number of carbonyl (C=O) groups is 2. The van der Waals surface area contributed by atoms with Crippen LogP contribution in [-0.4, -0.2) is 22.3 Å². The van der Waals surface area contributed by atoms with Gasteiger partial charge in [-0.1, -0.05) is 39.5 Å². The second-order valence-corrected chi connectivity index (χ2v) is 6.15. The van der Waals surface area contributed by atoms with Crippen LogP contribution in [-0.2, 0) is 9.59 Å². The van der Waals surface area contributed by atoms with Crippen molar-refractivity contribution in [3.05, 3.63) is 0 Å². The van der Waals surface area contributed by atoms with Crippen molar-refractivity contribution in [3.63, 3.8) is 0 Å². The van der Waals surface area contributed by atoms with Gasteiger partial charge in [0.05, 0.1) is 11.5 Å². The third kappa shape index (κ3) is 1.92. The van der Waals surface area contributed by atoms with Crippen LogP contribution in [0.4, 0.5) is 0 Å². The summed E-state index contributed by atoms with van der Waals surface area (Å²) in [7, 11) is 0. The van der Waals surface area contributed by atoms with Crippen molar-refractivity contribution in [1.82, 2.24) is 4.90 Å². The Hall–Kier alpha value is -1.37. The van der Waals surface area contributed by atoms with Gasteiger partial charge < -0.3 is 0 Å². The van der Waals surface area contributed by atoms with Gasteiger partial charge in [0.2, 0.25) is 11.8 Å². The Bertz CT molecular complexity index is 412. The fraction of sp³-hybridized carbons (Fsp3) is 0.786. The van der Waals surface area contributed by atoms with Crippen molar-refractivity contribution < 1.29 is 9.59 Å². The van der Waals surface area contributed by atoms with Crippen molar-refractivity contribution in [2.45, 2.75) is 64.3 Å². The average molecular weight is 248 g/mol.